The quantitative estimate of drug-likeness (QED) is 0.798. The molecule has 1 heteroatoms. The number of rotatable bonds is 3. The van der Waals surface area contributed by atoms with E-state index in [1.807, 2.05) is 0 Å². The highest BCUT2D eigenvalue weighted by atomic mass is 14.6. The normalized spacial score (nSPS) is 13.9. The molecular weight excluding hydrogens is 182 g/mol. The van der Waals surface area contributed by atoms with Crippen LogP contribution in [0.15, 0.2) is 24.3 Å². The van der Waals surface area contributed by atoms with Gasteiger partial charge in [0, 0.05) is 6.04 Å². The van der Waals surface area contributed by atoms with Gasteiger partial charge in [0.25, 0.3) is 0 Å². The van der Waals surface area contributed by atoms with Gasteiger partial charge in [0.05, 0.1) is 0 Å². The molecule has 0 aliphatic heterocycles. The Balaban J connectivity index is 2.81. The van der Waals surface area contributed by atoms with Gasteiger partial charge in [-0.2, -0.15) is 0 Å². The van der Waals surface area contributed by atoms with E-state index in [1.54, 1.807) is 0 Å². The van der Waals surface area contributed by atoms with E-state index in [0.29, 0.717) is 0 Å². The van der Waals surface area contributed by atoms with E-state index < -0.39 is 0 Å². The predicted molar refractivity (Wildman–Crippen MR) is 67.0 cm³/mol. The average Bonchev–Trinajstić information content (AvgIpc) is 2.17. The van der Waals surface area contributed by atoms with Crippen LogP contribution in [0.4, 0.5) is 0 Å². The minimum absolute atomic E-state index is 0.198. The molecule has 1 atom stereocenters. The molecule has 0 fully saturated rings. The molecule has 0 radical (unpaired) electrons. The SMILES string of the molecule is CCC[C@H](N)c1ccc(C(C)(C)C)cc1. The van der Waals surface area contributed by atoms with Crippen molar-refractivity contribution in [1.29, 1.82) is 0 Å². The van der Waals surface area contributed by atoms with Gasteiger partial charge in [-0.15, -0.1) is 0 Å². The van der Waals surface area contributed by atoms with Crippen LogP contribution in [-0.2, 0) is 5.41 Å². The summed E-state index contributed by atoms with van der Waals surface area (Å²) in [6.07, 6.45) is 2.21. The van der Waals surface area contributed by atoms with Gasteiger partial charge in [0.15, 0.2) is 0 Å². The highest BCUT2D eigenvalue weighted by Gasteiger charge is 2.13. The predicted octanol–water partition coefficient (Wildman–Crippen LogP) is 3.78. The minimum atomic E-state index is 0.198. The summed E-state index contributed by atoms with van der Waals surface area (Å²) in [5, 5.41) is 0. The van der Waals surface area contributed by atoms with E-state index in [9.17, 15) is 0 Å². The molecule has 0 bridgehead atoms. The first-order valence-corrected chi connectivity index (χ1v) is 5.81. The molecule has 2 N–H and O–H groups in total. The monoisotopic (exact) mass is 205 g/mol. The zero-order chi connectivity index (χ0) is 11.5. The van der Waals surface area contributed by atoms with Gasteiger partial charge in [0.1, 0.15) is 0 Å². The van der Waals surface area contributed by atoms with E-state index in [-0.39, 0.29) is 11.5 Å². The Morgan fingerprint density at radius 3 is 2.07 bits per heavy atom. The summed E-state index contributed by atoms with van der Waals surface area (Å²) in [4.78, 5) is 0. The third-order valence-electron chi connectivity index (χ3n) is 2.80. The first-order valence-electron chi connectivity index (χ1n) is 5.81. The van der Waals surface area contributed by atoms with Crippen LogP contribution in [0.2, 0.25) is 0 Å². The molecule has 1 aromatic rings. The molecule has 0 unspecified atom stereocenters. The van der Waals surface area contributed by atoms with Crippen molar-refractivity contribution in [2.24, 2.45) is 5.73 Å². The Morgan fingerprint density at radius 1 is 1.13 bits per heavy atom. The molecule has 0 amide bonds. The van der Waals surface area contributed by atoms with Crippen LogP contribution in [0.1, 0.15) is 57.7 Å². The molecule has 0 spiro atoms. The van der Waals surface area contributed by atoms with Crippen molar-refractivity contribution in [3.05, 3.63) is 35.4 Å². The lowest BCUT2D eigenvalue weighted by atomic mass is 9.86. The zero-order valence-corrected chi connectivity index (χ0v) is 10.4. The van der Waals surface area contributed by atoms with E-state index in [2.05, 4.69) is 52.0 Å². The first-order chi connectivity index (χ1) is 6.95. The molecule has 1 aromatic carbocycles. The second-order valence-electron chi connectivity index (χ2n) is 5.27. The molecule has 1 rings (SSSR count). The number of hydrogen-bond donors (Lipinski definition) is 1. The lowest BCUT2D eigenvalue weighted by Crippen LogP contribution is -2.13. The second-order valence-corrected chi connectivity index (χ2v) is 5.27. The van der Waals surface area contributed by atoms with Crippen LogP contribution in [0.5, 0.6) is 0 Å². The van der Waals surface area contributed by atoms with Crippen LogP contribution < -0.4 is 5.73 Å². The third kappa shape index (κ3) is 3.35. The molecular formula is C14H23N. The fraction of sp³-hybridized carbons (Fsp3) is 0.571. The Bertz CT molecular complexity index is 292. The summed E-state index contributed by atoms with van der Waals surface area (Å²) in [6, 6.07) is 8.93. The minimum Gasteiger partial charge on any atom is -0.324 e. The largest absolute Gasteiger partial charge is 0.324 e. The van der Waals surface area contributed by atoms with Crippen molar-refractivity contribution in [3.63, 3.8) is 0 Å². The van der Waals surface area contributed by atoms with Gasteiger partial charge in [-0.1, -0.05) is 58.4 Å². The van der Waals surface area contributed by atoms with Crippen molar-refractivity contribution in [1.82, 2.24) is 0 Å². The molecule has 0 saturated carbocycles. The van der Waals surface area contributed by atoms with Gasteiger partial charge < -0.3 is 5.73 Å². The maximum atomic E-state index is 6.06. The van der Waals surface area contributed by atoms with Crippen molar-refractivity contribution in [2.45, 2.75) is 52.0 Å². The van der Waals surface area contributed by atoms with Crippen LogP contribution in [0.25, 0.3) is 0 Å². The summed E-state index contributed by atoms with van der Waals surface area (Å²) >= 11 is 0. The molecule has 0 aromatic heterocycles. The number of nitrogens with two attached hydrogens (primary N) is 1. The highest BCUT2D eigenvalue weighted by molar-refractivity contribution is 5.29. The summed E-state index contributed by atoms with van der Waals surface area (Å²) in [5.74, 6) is 0. The number of hydrogen-bond acceptors (Lipinski definition) is 1. The fourth-order valence-corrected chi connectivity index (χ4v) is 1.71. The average molecular weight is 205 g/mol. The van der Waals surface area contributed by atoms with Crippen LogP contribution in [0, 0.1) is 0 Å². The number of benzene rings is 1. The summed E-state index contributed by atoms with van der Waals surface area (Å²) in [6.45, 7) is 8.86. The van der Waals surface area contributed by atoms with Crippen molar-refractivity contribution < 1.29 is 0 Å². The van der Waals surface area contributed by atoms with Gasteiger partial charge in [-0.3, -0.25) is 0 Å². The molecule has 0 aliphatic carbocycles. The molecule has 0 aliphatic rings. The topological polar surface area (TPSA) is 26.0 Å². The van der Waals surface area contributed by atoms with Gasteiger partial charge in [0.2, 0.25) is 0 Å². The molecule has 0 saturated heterocycles. The summed E-state index contributed by atoms with van der Waals surface area (Å²) in [7, 11) is 0. The lowest BCUT2D eigenvalue weighted by Gasteiger charge is -2.20. The highest BCUT2D eigenvalue weighted by Crippen LogP contribution is 2.24. The Morgan fingerprint density at radius 2 is 1.67 bits per heavy atom. The van der Waals surface area contributed by atoms with Crippen LogP contribution in [0.3, 0.4) is 0 Å². The van der Waals surface area contributed by atoms with Gasteiger partial charge in [-0.05, 0) is 23.0 Å². The fourth-order valence-electron chi connectivity index (χ4n) is 1.71. The lowest BCUT2D eigenvalue weighted by molar-refractivity contribution is 0.588. The summed E-state index contributed by atoms with van der Waals surface area (Å²) < 4.78 is 0. The molecule has 84 valence electrons. The third-order valence-corrected chi connectivity index (χ3v) is 2.80. The van der Waals surface area contributed by atoms with Crippen LogP contribution in [-0.4, -0.2) is 0 Å². The molecule has 0 heterocycles. The second kappa shape index (κ2) is 4.80. The van der Waals surface area contributed by atoms with Gasteiger partial charge >= 0.3 is 0 Å². The maximum Gasteiger partial charge on any atom is 0.0294 e. The van der Waals surface area contributed by atoms with Crippen molar-refractivity contribution >= 4 is 0 Å². The Hall–Kier alpha value is -0.820. The zero-order valence-electron chi connectivity index (χ0n) is 10.4. The van der Waals surface area contributed by atoms with Crippen LogP contribution >= 0.6 is 0 Å². The van der Waals surface area contributed by atoms with Gasteiger partial charge in [-0.25, -0.2) is 0 Å². The smallest absolute Gasteiger partial charge is 0.0294 e. The van der Waals surface area contributed by atoms with E-state index in [0.717, 1.165) is 12.8 Å². The Kier molecular flexibility index (Phi) is 3.92. The van der Waals surface area contributed by atoms with E-state index >= 15 is 0 Å². The van der Waals surface area contributed by atoms with Crippen molar-refractivity contribution in [2.75, 3.05) is 0 Å². The van der Waals surface area contributed by atoms with E-state index in [4.69, 9.17) is 5.73 Å². The molecule has 15 heavy (non-hydrogen) atoms. The molecule has 1 nitrogen and oxygen atoms in total. The Labute approximate surface area is 93.7 Å². The van der Waals surface area contributed by atoms with Crippen molar-refractivity contribution in [3.8, 4) is 0 Å². The standard InChI is InChI=1S/C14H23N/c1-5-6-13(15)11-7-9-12(10-8-11)14(2,3)4/h7-10,13H,5-6,15H2,1-4H3/t13-/m0/s1. The van der Waals surface area contributed by atoms with E-state index in [1.165, 1.54) is 11.1 Å². The summed E-state index contributed by atoms with van der Waals surface area (Å²) in [5.41, 5.74) is 8.92. The maximum absolute atomic E-state index is 6.06. The first kappa shape index (κ1) is 12.3.